The minimum absolute atomic E-state index is 0.0807. The summed E-state index contributed by atoms with van der Waals surface area (Å²) in [6.45, 7) is 4.73. The number of hydrogen-bond acceptors (Lipinski definition) is 7. The molecule has 0 aliphatic rings. The summed E-state index contributed by atoms with van der Waals surface area (Å²) in [5, 5.41) is 0. The Kier molecular flexibility index (Phi) is 9.70. The van der Waals surface area contributed by atoms with Crippen molar-refractivity contribution in [3.63, 3.8) is 0 Å². The molecule has 13 heteroatoms. The number of carbonyl (C=O) groups is 5. The van der Waals surface area contributed by atoms with E-state index in [0.717, 1.165) is 24.3 Å². The van der Waals surface area contributed by atoms with Crippen molar-refractivity contribution in [2.75, 3.05) is 6.61 Å². The zero-order chi connectivity index (χ0) is 26.3. The summed E-state index contributed by atoms with van der Waals surface area (Å²) < 4.78 is 85.3. The molecule has 0 amide bonds. The van der Waals surface area contributed by atoms with Gasteiger partial charge < -0.3 is 9.47 Å². The summed E-state index contributed by atoms with van der Waals surface area (Å²) in [6.07, 6.45) is -13.2. The zero-order valence-electron chi connectivity index (χ0n) is 17.5. The third-order valence-electron chi connectivity index (χ3n) is 4.10. The Bertz CT molecular complexity index is 935. The molecule has 0 fully saturated rings. The lowest BCUT2D eigenvalue weighted by Crippen LogP contribution is -2.42. The number of benzene rings is 1. The first-order chi connectivity index (χ1) is 15.5. The van der Waals surface area contributed by atoms with Crippen LogP contribution in [0.1, 0.15) is 36.5 Å². The van der Waals surface area contributed by atoms with Crippen molar-refractivity contribution in [2.45, 2.75) is 38.5 Å². The molecule has 1 aromatic rings. The van der Waals surface area contributed by atoms with Crippen LogP contribution in [0.5, 0.6) is 5.75 Å². The van der Waals surface area contributed by atoms with E-state index in [1.54, 1.807) is 0 Å². The molecule has 0 bridgehead atoms. The molecule has 0 aliphatic heterocycles. The van der Waals surface area contributed by atoms with Crippen molar-refractivity contribution < 1.29 is 59.8 Å². The number of carbonyl (C=O) groups excluding carboxylic acids is 5. The predicted octanol–water partition coefficient (Wildman–Crippen LogP) is 3.94. The summed E-state index contributed by atoms with van der Waals surface area (Å²) >= 11 is 0. The fourth-order valence-electron chi connectivity index (χ4n) is 2.40. The summed E-state index contributed by atoms with van der Waals surface area (Å²) in [5.41, 5.74) is -0.240. The fraction of sp³-hybridized carbons (Fsp3) is 0.381. The van der Waals surface area contributed by atoms with E-state index in [-0.39, 0.29) is 30.8 Å². The summed E-state index contributed by atoms with van der Waals surface area (Å²) in [7, 11) is 0. The van der Waals surface area contributed by atoms with Crippen LogP contribution in [-0.2, 0) is 23.9 Å². The smallest absolute Gasteiger partial charge is 0.450 e. The van der Waals surface area contributed by atoms with E-state index in [0.29, 0.717) is 0 Å². The monoisotopic (exact) mass is 496 g/mol. The van der Waals surface area contributed by atoms with Crippen LogP contribution in [0.15, 0.2) is 36.4 Å². The molecule has 0 N–H and O–H groups in total. The quantitative estimate of drug-likeness (QED) is 0.0870. The minimum Gasteiger partial charge on any atom is -0.462 e. The largest absolute Gasteiger partial charge is 0.462 e. The lowest BCUT2D eigenvalue weighted by Gasteiger charge is -2.17. The molecule has 0 spiro atoms. The van der Waals surface area contributed by atoms with Crippen molar-refractivity contribution in [1.82, 2.24) is 0 Å². The number of esters is 2. The first-order valence-corrected chi connectivity index (χ1v) is 9.42. The molecule has 0 aromatic heterocycles. The van der Waals surface area contributed by atoms with Gasteiger partial charge >= 0.3 is 24.3 Å². The number of halogens is 6. The lowest BCUT2D eigenvalue weighted by atomic mass is 9.90. The number of ether oxygens (including phenoxy) is 2. The van der Waals surface area contributed by atoms with Gasteiger partial charge in [-0.2, -0.15) is 26.3 Å². The van der Waals surface area contributed by atoms with E-state index < -0.39 is 59.5 Å². The topological polar surface area (TPSA) is 104 Å². The van der Waals surface area contributed by atoms with Crippen LogP contribution in [0.25, 0.3) is 0 Å². The molecule has 1 rings (SSSR count). The number of ketones is 3. The first-order valence-electron chi connectivity index (χ1n) is 9.42. The van der Waals surface area contributed by atoms with Crippen molar-refractivity contribution in [3.05, 3.63) is 42.0 Å². The Morgan fingerprint density at radius 3 is 1.85 bits per heavy atom. The molecule has 34 heavy (non-hydrogen) atoms. The second-order valence-electron chi connectivity index (χ2n) is 6.92. The van der Waals surface area contributed by atoms with Gasteiger partial charge in [-0.25, -0.2) is 4.79 Å². The van der Waals surface area contributed by atoms with Crippen molar-refractivity contribution in [1.29, 1.82) is 0 Å². The first kappa shape index (κ1) is 28.5. The molecule has 1 aromatic carbocycles. The van der Waals surface area contributed by atoms with Crippen LogP contribution < -0.4 is 4.74 Å². The predicted molar refractivity (Wildman–Crippen MR) is 102 cm³/mol. The molecular weight excluding hydrogens is 478 g/mol. The maximum Gasteiger partial charge on any atom is 0.450 e. The molecule has 0 radical (unpaired) electrons. The summed E-state index contributed by atoms with van der Waals surface area (Å²) in [6, 6.07) is 3.95. The van der Waals surface area contributed by atoms with Gasteiger partial charge in [-0.1, -0.05) is 6.58 Å². The SMILES string of the molecule is C=C(C)C(=O)OCCCC(=O)Oc1ccc(C(=O)CC(C(=O)C(F)(F)F)C(=O)C(F)(F)F)cc1. The van der Waals surface area contributed by atoms with Crippen molar-refractivity contribution >= 4 is 29.3 Å². The Morgan fingerprint density at radius 2 is 1.41 bits per heavy atom. The van der Waals surface area contributed by atoms with Gasteiger partial charge in [0.25, 0.3) is 0 Å². The third-order valence-corrected chi connectivity index (χ3v) is 4.10. The van der Waals surface area contributed by atoms with Crippen molar-refractivity contribution in [3.8, 4) is 5.75 Å². The average Bonchev–Trinajstić information content (AvgIpc) is 2.72. The van der Waals surface area contributed by atoms with Gasteiger partial charge in [0.05, 0.1) is 6.61 Å². The number of alkyl halides is 6. The Labute approximate surface area is 188 Å². The fourth-order valence-corrected chi connectivity index (χ4v) is 2.40. The van der Waals surface area contributed by atoms with Crippen LogP contribution in [0.2, 0.25) is 0 Å². The van der Waals surface area contributed by atoms with Gasteiger partial charge in [-0.3, -0.25) is 19.2 Å². The van der Waals surface area contributed by atoms with Gasteiger partial charge in [0.2, 0.25) is 11.6 Å². The lowest BCUT2D eigenvalue weighted by molar-refractivity contribution is -0.189. The molecule has 7 nitrogen and oxygen atoms in total. The number of hydrogen-bond donors (Lipinski definition) is 0. The van der Waals surface area contributed by atoms with Gasteiger partial charge in [0.15, 0.2) is 5.78 Å². The highest BCUT2D eigenvalue weighted by Gasteiger charge is 2.53. The van der Waals surface area contributed by atoms with Gasteiger partial charge in [0.1, 0.15) is 11.7 Å². The highest BCUT2D eigenvalue weighted by atomic mass is 19.4. The Morgan fingerprint density at radius 1 is 0.912 bits per heavy atom. The van der Waals surface area contributed by atoms with E-state index in [2.05, 4.69) is 6.58 Å². The molecule has 0 saturated carbocycles. The molecule has 0 saturated heterocycles. The highest BCUT2D eigenvalue weighted by molar-refractivity contribution is 6.11. The maximum atomic E-state index is 12.6. The average molecular weight is 496 g/mol. The van der Waals surface area contributed by atoms with E-state index in [1.807, 2.05) is 0 Å². The number of Topliss-reactive ketones (excluding diaryl/α,β-unsaturated/α-hetero) is 3. The van der Waals surface area contributed by atoms with E-state index in [1.165, 1.54) is 6.92 Å². The highest BCUT2D eigenvalue weighted by Crippen LogP contribution is 2.30. The summed E-state index contributed by atoms with van der Waals surface area (Å²) in [4.78, 5) is 57.7. The molecule has 0 aliphatic carbocycles. The van der Waals surface area contributed by atoms with Crippen LogP contribution in [0.4, 0.5) is 26.3 Å². The normalized spacial score (nSPS) is 11.6. The second kappa shape index (κ2) is 11.6. The third kappa shape index (κ3) is 8.79. The molecule has 0 unspecified atom stereocenters. The standard InChI is InChI=1S/C21H18F6O7/c1-11(2)19(32)33-9-3-4-16(29)34-13-7-5-12(6-8-13)15(28)10-14(17(30)20(22,23)24)18(31)21(25,26)27/h5-8,14H,1,3-4,9-10H2,2H3. The molecule has 0 atom stereocenters. The Hall–Kier alpha value is -3.51. The summed E-state index contributed by atoms with van der Waals surface area (Å²) in [5.74, 6) is -12.1. The Balaban J connectivity index is 2.77. The van der Waals surface area contributed by atoms with Crippen LogP contribution in [0.3, 0.4) is 0 Å². The van der Waals surface area contributed by atoms with E-state index in [4.69, 9.17) is 9.47 Å². The maximum absolute atomic E-state index is 12.6. The van der Waals surface area contributed by atoms with Gasteiger partial charge in [-0.05, 0) is 37.6 Å². The van der Waals surface area contributed by atoms with Gasteiger partial charge in [0, 0.05) is 24.0 Å². The van der Waals surface area contributed by atoms with E-state index in [9.17, 15) is 50.3 Å². The molecule has 186 valence electrons. The molecular formula is C21H18F6O7. The van der Waals surface area contributed by atoms with Crippen LogP contribution in [-0.4, -0.2) is 48.2 Å². The second-order valence-corrected chi connectivity index (χ2v) is 6.92. The van der Waals surface area contributed by atoms with Crippen molar-refractivity contribution in [2.24, 2.45) is 5.92 Å². The number of rotatable bonds is 11. The molecule has 0 heterocycles. The van der Waals surface area contributed by atoms with Crippen LogP contribution in [0, 0.1) is 5.92 Å². The minimum atomic E-state index is -5.76. The van der Waals surface area contributed by atoms with Gasteiger partial charge in [-0.15, -0.1) is 0 Å². The van der Waals surface area contributed by atoms with E-state index >= 15 is 0 Å². The zero-order valence-corrected chi connectivity index (χ0v) is 17.5. The van der Waals surface area contributed by atoms with Crippen LogP contribution >= 0.6 is 0 Å².